The van der Waals surface area contributed by atoms with Gasteiger partial charge >= 0.3 is 0 Å². The molecule has 0 amide bonds. The van der Waals surface area contributed by atoms with Crippen LogP contribution in [0.4, 0.5) is 0 Å². The fraction of sp³-hybridized carbons (Fsp3) is 0.358. The molecule has 0 aromatic heterocycles. The molecule has 726 valence electrons. The van der Waals surface area contributed by atoms with Gasteiger partial charge in [-0.05, 0) is 311 Å². The highest BCUT2D eigenvalue weighted by atomic mass is 14.2. The lowest BCUT2D eigenvalue weighted by Gasteiger charge is -2.23. The van der Waals surface area contributed by atoms with Crippen molar-refractivity contribution in [3.63, 3.8) is 0 Å². The van der Waals surface area contributed by atoms with E-state index in [1.807, 2.05) is 6.07 Å². The lowest BCUT2D eigenvalue weighted by Crippen LogP contribution is -2.15. The van der Waals surface area contributed by atoms with Crippen molar-refractivity contribution in [1.82, 2.24) is 0 Å². The molecular weight excluding hydrogens is 1650 g/mol. The van der Waals surface area contributed by atoms with E-state index in [0.717, 1.165) is 70.6 Å². The maximum Gasteiger partial charge on any atom is -0.0106 e. The van der Waals surface area contributed by atoms with Gasteiger partial charge in [0.25, 0.3) is 0 Å². The Morgan fingerprint density at radius 1 is 0.197 bits per heavy atom. The zero-order valence-corrected chi connectivity index (χ0v) is 90.6. The summed E-state index contributed by atoms with van der Waals surface area (Å²) in [5.74, 6) is 0.659. The van der Waals surface area contributed by atoms with Crippen LogP contribution in [0.5, 0.6) is 0 Å². The minimum Gasteiger partial charge on any atom is -0.0651 e. The van der Waals surface area contributed by atoms with Gasteiger partial charge in [-0.3, -0.25) is 0 Å². The molecule has 0 aliphatic rings. The number of hydrogen-bond acceptors (Lipinski definition) is 0. The summed E-state index contributed by atoms with van der Waals surface area (Å²) in [4.78, 5) is 0. The summed E-state index contributed by atoms with van der Waals surface area (Å²) in [6.07, 6.45) is 23.5. The van der Waals surface area contributed by atoms with Gasteiger partial charge in [-0.2, -0.15) is 0 Å². The lowest BCUT2D eigenvalue weighted by atomic mass is 9.82. The zero-order chi connectivity index (χ0) is 100. The molecule has 0 radical (unpaired) electrons. The average molecular weight is 1820 g/mol. The Kier molecular flexibility index (Phi) is 56.0. The molecule has 0 aliphatic carbocycles. The van der Waals surface area contributed by atoms with E-state index in [0.29, 0.717) is 11.3 Å². The molecule has 0 heteroatoms. The topological polar surface area (TPSA) is 0 Å². The summed E-state index contributed by atoms with van der Waals surface area (Å²) in [5, 5.41) is 11.1. The molecule has 0 nitrogen and oxygen atoms in total. The van der Waals surface area contributed by atoms with Gasteiger partial charge in [0.1, 0.15) is 0 Å². The highest BCUT2D eigenvalue weighted by molar-refractivity contribution is 5.90. The third-order valence-corrected chi connectivity index (χ3v) is 25.9. The van der Waals surface area contributed by atoms with Crippen molar-refractivity contribution < 1.29 is 0 Å². The van der Waals surface area contributed by atoms with Gasteiger partial charge in [-0.25, -0.2) is 0 Å². The van der Waals surface area contributed by atoms with Crippen molar-refractivity contribution in [2.75, 3.05) is 0 Å². The largest absolute Gasteiger partial charge is 0.0651 e. The van der Waals surface area contributed by atoms with Gasteiger partial charge < -0.3 is 0 Å². The van der Waals surface area contributed by atoms with Crippen LogP contribution in [0, 0.1) is 48.5 Å². The Balaban J connectivity index is 0.000000265. The number of fused-ring (bicyclic) bond motifs is 4. The molecule has 0 saturated carbocycles. The third-order valence-electron chi connectivity index (χ3n) is 25.9. The maximum atomic E-state index is 2.32. The SMILES string of the molecule is CC(C)c1ccccc1.CCCc1cc(C)ccc1CC.CCCc1ccc(C)cc1.CCCc1ccc(CCC)cc1.CCc1cc(C)cc2ccccc12.CCc1ccc(C(C)(C)CC)cc1.CCc1ccc(C)c2ccccc12.CCc1ccc(C)cc1.CCc1ccc(CC)cc1.CCc1ccc2cc(CC)ccc2c1.CCc1cccc(C)c1.CCc1cccc2c(C)cccc12. The summed E-state index contributed by atoms with van der Waals surface area (Å²) < 4.78 is 0. The molecule has 0 heterocycles. The summed E-state index contributed by atoms with van der Waals surface area (Å²) in [6, 6.07) is 123. The van der Waals surface area contributed by atoms with Gasteiger partial charge in [-0.1, -0.05) is 532 Å². The van der Waals surface area contributed by atoms with Gasteiger partial charge in [0.15, 0.2) is 0 Å². The van der Waals surface area contributed by atoms with Crippen molar-refractivity contribution >= 4 is 43.1 Å². The van der Waals surface area contributed by atoms with E-state index in [9.17, 15) is 0 Å². The van der Waals surface area contributed by atoms with Gasteiger partial charge in [-0.15, -0.1) is 0 Å². The molecule has 0 spiro atoms. The lowest BCUT2D eigenvalue weighted by molar-refractivity contribution is 0.506. The minimum atomic E-state index is 0.326. The van der Waals surface area contributed by atoms with Gasteiger partial charge in [0, 0.05) is 0 Å². The highest BCUT2D eigenvalue weighted by Gasteiger charge is 2.17. The Morgan fingerprint density at radius 3 is 0.956 bits per heavy atom. The van der Waals surface area contributed by atoms with Crippen molar-refractivity contribution in [3.05, 3.63) is 473 Å². The first-order chi connectivity index (χ1) is 66.2. The second-order valence-corrected chi connectivity index (χ2v) is 37.6. The fourth-order valence-corrected chi connectivity index (χ4v) is 16.4. The van der Waals surface area contributed by atoms with Crippen LogP contribution in [0.3, 0.4) is 0 Å². The van der Waals surface area contributed by atoms with Gasteiger partial charge in [0.2, 0.25) is 0 Å². The van der Waals surface area contributed by atoms with E-state index >= 15 is 0 Å². The summed E-state index contributed by atoms with van der Waals surface area (Å²) >= 11 is 0. The molecule has 0 saturated heterocycles. The number of aryl methyl sites for hydroxylation is 22. The second-order valence-electron chi connectivity index (χ2n) is 37.6. The fourth-order valence-electron chi connectivity index (χ4n) is 16.4. The van der Waals surface area contributed by atoms with Crippen molar-refractivity contribution in [2.24, 2.45) is 0 Å². The van der Waals surface area contributed by atoms with Crippen LogP contribution in [0.2, 0.25) is 0 Å². The first-order valence-corrected chi connectivity index (χ1v) is 52.7. The molecule has 0 N–H and O–H groups in total. The Morgan fingerprint density at radius 2 is 0.533 bits per heavy atom. The number of hydrogen-bond donors (Lipinski definition) is 0. The summed E-state index contributed by atoms with van der Waals surface area (Å²) in [6.45, 7) is 59.3. The third kappa shape index (κ3) is 42.6. The van der Waals surface area contributed by atoms with Crippen molar-refractivity contribution in [1.29, 1.82) is 0 Å². The van der Waals surface area contributed by atoms with Crippen molar-refractivity contribution in [2.45, 2.75) is 327 Å². The predicted octanol–water partition coefficient (Wildman–Crippen LogP) is 39.8. The van der Waals surface area contributed by atoms with Crippen LogP contribution in [-0.4, -0.2) is 0 Å². The Hall–Kier alpha value is -11.4. The number of rotatable bonds is 22. The normalized spacial score (nSPS) is 10.4. The predicted molar refractivity (Wildman–Crippen MR) is 617 cm³/mol. The quantitative estimate of drug-likeness (QED) is 0.0634. The van der Waals surface area contributed by atoms with E-state index in [-0.39, 0.29) is 0 Å². The van der Waals surface area contributed by atoms with E-state index in [2.05, 4.69) is 521 Å². The molecule has 0 atom stereocenters. The maximum absolute atomic E-state index is 2.32. The van der Waals surface area contributed by atoms with Crippen LogP contribution in [0.25, 0.3) is 43.1 Å². The first kappa shape index (κ1) is 116. The van der Waals surface area contributed by atoms with E-state index in [4.69, 9.17) is 0 Å². The standard InChI is InChI=1S/C14H16.3C13H14.C13H20.2C12H18.2C10H14.3C9H12/c1-3-11-5-7-14-10-12(4-2)6-8-13(14)9-11;1-3-11-7-5-8-12-10(2)6-4-9-13(11)12;1-3-11-8-10(2)9-12-6-4-5-7-13(11)12;1-3-11-9-8-10(2)12-6-4-5-7-13(11)12;1-5-11-7-9-12(10-8-11)13(3,4)6-2;1-4-6-12-9-10(3)7-8-11(12)5-2;1-3-5-11-7-9-12(6-4-2)10-8-11;1-3-4-10-7-5-9(2)6-8-10;1-3-9-5-7-10(4-2)8-6-9;1-8(2)9-6-4-3-5-7-9;1-3-9-6-4-8(2)5-7-9;1-3-9-6-4-5-8(2)7-9/h5-10H,3-4H2,1-2H3;3*4-9H,3H2,1-2H3;7-10H,5-6H2,1-4H3;7-9H,4-6H2,1-3H3;7-10H,3-6H2,1-2H3;2*5-8H,3-4H2,1-2H3;3-8H,1-2H3;2*4-7H,3H2,1-2H3. The van der Waals surface area contributed by atoms with E-state index in [1.165, 1.54) is 229 Å². The molecular formula is C137H178. The molecule has 0 aliphatic heterocycles. The van der Waals surface area contributed by atoms with Crippen LogP contribution in [-0.2, 0) is 102 Å². The Labute approximate surface area is 837 Å². The molecule has 0 bridgehead atoms. The first-order valence-electron chi connectivity index (χ1n) is 52.7. The van der Waals surface area contributed by atoms with Crippen LogP contribution >= 0.6 is 0 Å². The van der Waals surface area contributed by atoms with E-state index in [1.54, 1.807) is 5.56 Å². The second kappa shape index (κ2) is 66.1. The highest BCUT2D eigenvalue weighted by Crippen LogP contribution is 2.29. The average Bonchev–Trinajstić information content (AvgIpc) is 0.520. The molecule has 0 unspecified atom stereocenters. The number of benzene rings is 16. The van der Waals surface area contributed by atoms with Crippen LogP contribution < -0.4 is 0 Å². The van der Waals surface area contributed by atoms with Crippen LogP contribution in [0.1, 0.15) is 310 Å². The molecule has 137 heavy (non-hydrogen) atoms. The zero-order valence-electron chi connectivity index (χ0n) is 90.6. The minimum absolute atomic E-state index is 0.326. The Bertz CT molecular complexity index is 5800. The summed E-state index contributed by atoms with van der Waals surface area (Å²) in [5.41, 5.74) is 34.5. The van der Waals surface area contributed by atoms with E-state index < -0.39 is 0 Å². The monoisotopic (exact) mass is 1820 g/mol. The van der Waals surface area contributed by atoms with Crippen LogP contribution in [0.15, 0.2) is 340 Å². The molecule has 0 fully saturated rings. The smallest absolute Gasteiger partial charge is 0.0106 e. The van der Waals surface area contributed by atoms with Gasteiger partial charge in [0.05, 0.1) is 0 Å². The summed E-state index contributed by atoms with van der Waals surface area (Å²) in [7, 11) is 0. The molecule has 16 aromatic carbocycles. The molecule has 16 aromatic rings. The molecule has 16 rings (SSSR count). The van der Waals surface area contributed by atoms with Crippen molar-refractivity contribution in [3.8, 4) is 0 Å².